The number of nitrogens with zero attached hydrogens (tertiary/aromatic N) is 1. The van der Waals surface area contributed by atoms with E-state index < -0.39 is 48.5 Å². The second kappa shape index (κ2) is 8.14. The Bertz CT molecular complexity index is 807. The Morgan fingerprint density at radius 1 is 1.20 bits per heavy atom. The highest BCUT2D eigenvalue weighted by molar-refractivity contribution is 5.83. The van der Waals surface area contributed by atoms with Crippen LogP contribution in [0, 0.1) is 24.2 Å². The van der Waals surface area contributed by atoms with E-state index in [4.69, 9.17) is 5.26 Å². The minimum Gasteiger partial charge on any atom is -0.336 e. The van der Waals surface area contributed by atoms with E-state index in [0.717, 1.165) is 5.56 Å². The molecule has 3 rings (SSSR count). The Labute approximate surface area is 171 Å². The van der Waals surface area contributed by atoms with E-state index in [2.05, 4.69) is 10.6 Å². The van der Waals surface area contributed by atoms with E-state index in [-0.39, 0.29) is 11.5 Å². The number of alkyl halides is 5. The van der Waals surface area contributed by atoms with Crippen molar-refractivity contribution < 1.29 is 26.7 Å². The van der Waals surface area contributed by atoms with Gasteiger partial charge in [-0.3, -0.25) is 10.1 Å². The van der Waals surface area contributed by atoms with Crippen molar-refractivity contribution in [3.8, 4) is 6.07 Å². The Morgan fingerprint density at radius 3 is 2.27 bits per heavy atom. The van der Waals surface area contributed by atoms with Crippen LogP contribution in [0.4, 0.5) is 22.0 Å². The quantitative estimate of drug-likeness (QED) is 0.566. The minimum absolute atomic E-state index is 0.159. The number of nitrogens with one attached hydrogen (secondary N) is 2. The number of amides is 1. The van der Waals surface area contributed by atoms with E-state index in [9.17, 15) is 26.7 Å². The lowest BCUT2D eigenvalue weighted by Crippen LogP contribution is -2.53. The predicted molar refractivity (Wildman–Crippen MR) is 99.5 cm³/mol. The van der Waals surface area contributed by atoms with E-state index >= 15 is 0 Å². The highest BCUT2D eigenvalue weighted by Gasteiger charge is 2.49. The zero-order chi connectivity index (χ0) is 22.2. The third-order valence-electron chi connectivity index (χ3n) is 5.54. The van der Waals surface area contributed by atoms with Gasteiger partial charge in [0, 0.05) is 12.8 Å². The van der Waals surface area contributed by atoms with E-state index in [1.165, 1.54) is 24.3 Å². The van der Waals surface area contributed by atoms with Crippen molar-refractivity contribution in [1.29, 1.82) is 5.26 Å². The summed E-state index contributed by atoms with van der Waals surface area (Å²) in [6.45, 7) is 1.71. The molecule has 2 atom stereocenters. The van der Waals surface area contributed by atoms with Gasteiger partial charge in [0.2, 0.25) is 11.8 Å². The van der Waals surface area contributed by atoms with Gasteiger partial charge < -0.3 is 5.32 Å². The van der Waals surface area contributed by atoms with Crippen molar-refractivity contribution in [2.45, 2.75) is 75.2 Å². The van der Waals surface area contributed by atoms with Gasteiger partial charge in [0.25, 0.3) is 0 Å². The number of rotatable bonds is 9. The number of nitriles is 1. The highest BCUT2D eigenvalue weighted by Crippen LogP contribution is 2.42. The van der Waals surface area contributed by atoms with Crippen LogP contribution in [0.3, 0.4) is 0 Å². The molecule has 0 aromatic heterocycles. The Morgan fingerprint density at radius 2 is 1.80 bits per heavy atom. The third-order valence-corrected chi connectivity index (χ3v) is 5.54. The van der Waals surface area contributed by atoms with Crippen molar-refractivity contribution in [3.63, 3.8) is 0 Å². The molecule has 2 saturated carbocycles. The summed E-state index contributed by atoms with van der Waals surface area (Å²) in [4.78, 5) is 12.7. The fraction of sp³-hybridized carbons (Fsp3) is 0.619. The second-order valence-electron chi connectivity index (χ2n) is 8.50. The molecule has 0 saturated heterocycles. The molecule has 0 bridgehead atoms. The molecule has 2 unspecified atom stereocenters. The average Bonchev–Trinajstić information content (AvgIpc) is 3.56. The topological polar surface area (TPSA) is 64.9 Å². The summed E-state index contributed by atoms with van der Waals surface area (Å²) in [6, 6.07) is 3.31. The summed E-state index contributed by atoms with van der Waals surface area (Å²) >= 11 is 0. The van der Waals surface area contributed by atoms with Crippen LogP contribution < -0.4 is 10.6 Å². The summed E-state index contributed by atoms with van der Waals surface area (Å²) in [6.07, 6.45) is -4.30. The molecular weight excluding hydrogens is 405 g/mol. The maximum atomic E-state index is 14.5. The first-order chi connectivity index (χ1) is 13.9. The lowest BCUT2D eigenvalue weighted by molar-refractivity contribution is -0.163. The number of carbonyl (C=O) groups is 1. The monoisotopic (exact) mass is 429 g/mol. The number of halogens is 5. The molecule has 0 aliphatic heterocycles. The summed E-state index contributed by atoms with van der Waals surface area (Å²) in [5.74, 6) is -4.46. The standard InChI is InChI=1S/C21H24F5N3O/c1-13-2-6-15(7-3-13)17(21(24,25)26)28-16(11-20(22,23)10-14-4-5-14)18(30)29-19(12-27)8-9-19/h2-3,6-7,14,16-17,28H,4-5,8-11H2,1H3,(H,29,30). The number of benzene rings is 1. The number of carbonyl (C=O) groups excluding carboxylic acids is 1. The Hall–Kier alpha value is -2.21. The Balaban J connectivity index is 1.83. The molecule has 2 aliphatic rings. The first kappa shape index (κ1) is 22.5. The fourth-order valence-corrected chi connectivity index (χ4v) is 3.41. The van der Waals surface area contributed by atoms with Gasteiger partial charge in [0.15, 0.2) is 0 Å². The van der Waals surface area contributed by atoms with Gasteiger partial charge in [-0.05, 0) is 44.1 Å². The van der Waals surface area contributed by atoms with Crippen LogP contribution >= 0.6 is 0 Å². The van der Waals surface area contributed by atoms with Gasteiger partial charge in [-0.15, -0.1) is 0 Å². The summed E-state index contributed by atoms with van der Waals surface area (Å²) in [7, 11) is 0. The molecule has 1 amide bonds. The summed E-state index contributed by atoms with van der Waals surface area (Å²) in [5.41, 5.74) is -0.590. The molecule has 164 valence electrons. The first-order valence-corrected chi connectivity index (χ1v) is 9.93. The van der Waals surface area contributed by atoms with Crippen LogP contribution in [0.5, 0.6) is 0 Å². The molecule has 2 aliphatic carbocycles. The van der Waals surface area contributed by atoms with Crippen molar-refractivity contribution in [1.82, 2.24) is 10.6 Å². The molecule has 1 aromatic rings. The van der Waals surface area contributed by atoms with Gasteiger partial charge in [0.05, 0.1) is 12.1 Å². The molecule has 30 heavy (non-hydrogen) atoms. The largest absolute Gasteiger partial charge is 0.407 e. The second-order valence-corrected chi connectivity index (χ2v) is 8.50. The molecule has 0 radical (unpaired) electrons. The zero-order valence-corrected chi connectivity index (χ0v) is 16.5. The molecule has 4 nitrogen and oxygen atoms in total. The molecule has 2 fully saturated rings. The summed E-state index contributed by atoms with van der Waals surface area (Å²) in [5, 5.41) is 13.6. The average molecular weight is 429 g/mol. The lowest BCUT2D eigenvalue weighted by Gasteiger charge is -2.30. The van der Waals surface area contributed by atoms with Crippen molar-refractivity contribution in [2.75, 3.05) is 0 Å². The minimum atomic E-state index is -4.80. The van der Waals surface area contributed by atoms with E-state index in [0.29, 0.717) is 25.7 Å². The predicted octanol–water partition coefficient (Wildman–Crippen LogP) is 4.55. The zero-order valence-electron chi connectivity index (χ0n) is 16.5. The van der Waals surface area contributed by atoms with Crippen LogP contribution in [-0.4, -0.2) is 29.6 Å². The van der Waals surface area contributed by atoms with Gasteiger partial charge >= 0.3 is 6.18 Å². The number of aryl methyl sites for hydroxylation is 1. The van der Waals surface area contributed by atoms with E-state index in [1.807, 2.05) is 6.07 Å². The number of hydrogen-bond acceptors (Lipinski definition) is 3. The van der Waals surface area contributed by atoms with Gasteiger partial charge in [-0.1, -0.05) is 29.8 Å². The maximum absolute atomic E-state index is 14.5. The fourth-order valence-electron chi connectivity index (χ4n) is 3.41. The van der Waals surface area contributed by atoms with Crippen LogP contribution in [0.15, 0.2) is 24.3 Å². The lowest BCUT2D eigenvalue weighted by atomic mass is 9.98. The maximum Gasteiger partial charge on any atom is 0.407 e. The Kier molecular flexibility index (Phi) is 6.10. The van der Waals surface area contributed by atoms with Gasteiger partial charge in [0.1, 0.15) is 11.6 Å². The number of hydrogen-bond donors (Lipinski definition) is 2. The van der Waals surface area contributed by atoms with Crippen LogP contribution in [0.25, 0.3) is 0 Å². The van der Waals surface area contributed by atoms with Crippen molar-refractivity contribution in [3.05, 3.63) is 35.4 Å². The molecule has 0 spiro atoms. The highest BCUT2D eigenvalue weighted by atomic mass is 19.4. The smallest absolute Gasteiger partial charge is 0.336 e. The molecule has 9 heteroatoms. The molecule has 1 aromatic carbocycles. The normalized spacial score (nSPS) is 20.2. The van der Waals surface area contributed by atoms with Crippen LogP contribution in [0.2, 0.25) is 0 Å². The van der Waals surface area contributed by atoms with Crippen molar-refractivity contribution in [2.24, 2.45) is 5.92 Å². The first-order valence-electron chi connectivity index (χ1n) is 9.93. The third kappa shape index (κ3) is 5.91. The molecule has 2 N–H and O–H groups in total. The van der Waals surface area contributed by atoms with Crippen LogP contribution in [0.1, 0.15) is 55.7 Å². The van der Waals surface area contributed by atoms with Gasteiger partial charge in [-0.25, -0.2) is 8.78 Å². The summed E-state index contributed by atoms with van der Waals surface area (Å²) < 4.78 is 70.3. The van der Waals surface area contributed by atoms with Gasteiger partial charge in [-0.2, -0.15) is 18.4 Å². The van der Waals surface area contributed by atoms with Crippen molar-refractivity contribution >= 4 is 5.91 Å². The molecular formula is C21H24F5N3O. The SMILES string of the molecule is Cc1ccc(C(NC(CC(F)(F)CC2CC2)C(=O)NC2(C#N)CC2)C(F)(F)F)cc1. The molecule has 0 heterocycles. The van der Waals surface area contributed by atoms with Crippen LogP contribution in [-0.2, 0) is 4.79 Å². The van der Waals surface area contributed by atoms with E-state index in [1.54, 1.807) is 6.92 Å².